The van der Waals surface area contributed by atoms with Crippen LogP contribution in [-0.4, -0.2) is 10.9 Å². The summed E-state index contributed by atoms with van der Waals surface area (Å²) >= 11 is 6.04. The smallest absolute Gasteiger partial charge is 0.306 e. The molecular weight excluding hydrogens is 316 g/mol. The first kappa shape index (κ1) is 15.0. The van der Waals surface area contributed by atoms with Crippen molar-refractivity contribution in [3.63, 3.8) is 0 Å². The summed E-state index contributed by atoms with van der Waals surface area (Å²) in [6.07, 6.45) is 0. The third kappa shape index (κ3) is 3.30. The molecule has 6 heteroatoms. The standard InChI is InChI=1S/C17H11ClN2O3/c18-14-13(11-7-3-1-4-8-11)16(22)20-17(23-14)19-15(21)12-9-5-2-6-10-12/h1-10H,(H,19,20,21,22). The Labute approximate surface area is 136 Å². The van der Waals surface area contributed by atoms with Crippen molar-refractivity contribution in [2.24, 2.45) is 0 Å². The summed E-state index contributed by atoms with van der Waals surface area (Å²) < 4.78 is 5.26. The van der Waals surface area contributed by atoms with Crippen LogP contribution < -0.4 is 10.9 Å². The van der Waals surface area contributed by atoms with Gasteiger partial charge in [0.25, 0.3) is 11.5 Å². The number of amides is 1. The maximum atomic E-state index is 12.2. The van der Waals surface area contributed by atoms with Gasteiger partial charge in [-0.25, -0.2) is 0 Å². The van der Waals surface area contributed by atoms with Crippen LogP contribution in [0.5, 0.6) is 0 Å². The molecule has 23 heavy (non-hydrogen) atoms. The number of nitrogens with one attached hydrogen (secondary N) is 1. The van der Waals surface area contributed by atoms with E-state index < -0.39 is 11.5 Å². The third-order valence-electron chi connectivity index (χ3n) is 3.12. The SMILES string of the molecule is O=C(Nc1nc(=O)c(-c2ccccc2)c(Cl)o1)c1ccccc1. The van der Waals surface area contributed by atoms with Crippen LogP contribution in [0.2, 0.25) is 5.22 Å². The zero-order valence-corrected chi connectivity index (χ0v) is 12.6. The summed E-state index contributed by atoms with van der Waals surface area (Å²) in [6, 6.07) is 17.1. The van der Waals surface area contributed by atoms with Crippen LogP contribution in [-0.2, 0) is 0 Å². The Bertz CT molecular complexity index is 893. The van der Waals surface area contributed by atoms with Crippen LogP contribution in [0.4, 0.5) is 6.01 Å². The van der Waals surface area contributed by atoms with Gasteiger partial charge < -0.3 is 4.42 Å². The lowest BCUT2D eigenvalue weighted by Gasteiger charge is -2.06. The number of anilines is 1. The highest BCUT2D eigenvalue weighted by molar-refractivity contribution is 6.31. The molecule has 1 amide bonds. The number of benzene rings is 2. The molecule has 0 aliphatic carbocycles. The Hall–Kier alpha value is -2.92. The van der Waals surface area contributed by atoms with Gasteiger partial charge in [-0.05, 0) is 29.3 Å². The number of nitrogens with zero attached hydrogens (tertiary/aromatic N) is 1. The molecular formula is C17H11ClN2O3. The quantitative estimate of drug-likeness (QED) is 0.798. The van der Waals surface area contributed by atoms with Gasteiger partial charge >= 0.3 is 6.01 Å². The summed E-state index contributed by atoms with van der Waals surface area (Å²) in [6.45, 7) is 0. The summed E-state index contributed by atoms with van der Waals surface area (Å²) in [7, 11) is 0. The first-order chi connectivity index (χ1) is 11.1. The summed E-state index contributed by atoms with van der Waals surface area (Å²) in [5.74, 6) is -0.440. The third-order valence-corrected chi connectivity index (χ3v) is 3.38. The highest BCUT2D eigenvalue weighted by atomic mass is 35.5. The number of hydrogen-bond donors (Lipinski definition) is 1. The van der Waals surface area contributed by atoms with Crippen molar-refractivity contribution in [1.29, 1.82) is 0 Å². The van der Waals surface area contributed by atoms with E-state index in [0.717, 1.165) is 0 Å². The Morgan fingerprint density at radius 1 is 1.00 bits per heavy atom. The molecule has 3 rings (SSSR count). The molecule has 3 aromatic rings. The van der Waals surface area contributed by atoms with Crippen LogP contribution in [0.25, 0.3) is 11.1 Å². The van der Waals surface area contributed by atoms with E-state index in [9.17, 15) is 9.59 Å². The zero-order chi connectivity index (χ0) is 16.2. The molecule has 0 fully saturated rings. The molecule has 1 aromatic heterocycles. The molecule has 0 spiro atoms. The molecule has 114 valence electrons. The van der Waals surface area contributed by atoms with E-state index in [0.29, 0.717) is 11.1 Å². The fourth-order valence-corrected chi connectivity index (χ4v) is 2.31. The van der Waals surface area contributed by atoms with Gasteiger partial charge in [0.1, 0.15) is 5.56 Å². The van der Waals surface area contributed by atoms with Crippen molar-refractivity contribution in [2.45, 2.75) is 0 Å². The summed E-state index contributed by atoms with van der Waals surface area (Å²) in [5.41, 5.74) is 0.598. The molecule has 1 N–H and O–H groups in total. The molecule has 0 atom stereocenters. The Kier molecular flexibility index (Phi) is 4.21. The van der Waals surface area contributed by atoms with Gasteiger partial charge in [-0.15, -0.1) is 0 Å². The first-order valence-electron chi connectivity index (χ1n) is 6.77. The van der Waals surface area contributed by atoms with E-state index in [1.807, 2.05) is 6.07 Å². The van der Waals surface area contributed by atoms with E-state index in [2.05, 4.69) is 10.3 Å². The molecule has 0 bridgehead atoms. The minimum absolute atomic E-state index is 0.125. The zero-order valence-electron chi connectivity index (χ0n) is 11.8. The predicted molar refractivity (Wildman–Crippen MR) is 87.6 cm³/mol. The number of halogens is 1. The van der Waals surface area contributed by atoms with Crippen LogP contribution in [0.1, 0.15) is 10.4 Å². The van der Waals surface area contributed by atoms with Gasteiger partial charge in [-0.1, -0.05) is 48.5 Å². The minimum atomic E-state index is -0.573. The average molecular weight is 327 g/mol. The van der Waals surface area contributed by atoms with Gasteiger partial charge in [-0.3, -0.25) is 14.9 Å². The van der Waals surface area contributed by atoms with Crippen molar-refractivity contribution in [2.75, 3.05) is 5.32 Å². The van der Waals surface area contributed by atoms with Crippen molar-refractivity contribution < 1.29 is 9.21 Å². The molecule has 2 aromatic carbocycles. The lowest BCUT2D eigenvalue weighted by molar-refractivity contribution is 0.102. The maximum Gasteiger partial charge on any atom is 0.306 e. The van der Waals surface area contributed by atoms with Gasteiger partial charge in [0, 0.05) is 5.56 Å². The fraction of sp³-hybridized carbons (Fsp3) is 0. The second kappa shape index (κ2) is 6.46. The molecule has 5 nitrogen and oxygen atoms in total. The molecule has 0 aliphatic rings. The normalized spacial score (nSPS) is 10.3. The molecule has 0 aliphatic heterocycles. The summed E-state index contributed by atoms with van der Waals surface area (Å²) in [5, 5.41) is 2.29. The molecule has 1 heterocycles. The van der Waals surface area contributed by atoms with Crippen LogP contribution >= 0.6 is 11.6 Å². The second-order valence-electron chi connectivity index (χ2n) is 4.66. The average Bonchev–Trinajstić information content (AvgIpc) is 2.56. The number of aromatic nitrogens is 1. The van der Waals surface area contributed by atoms with Gasteiger partial charge in [-0.2, -0.15) is 4.98 Å². The van der Waals surface area contributed by atoms with Crippen LogP contribution in [0.15, 0.2) is 69.9 Å². The maximum absolute atomic E-state index is 12.2. The van der Waals surface area contributed by atoms with Crippen molar-refractivity contribution in [3.8, 4) is 11.1 Å². The number of carbonyl (C=O) groups is 1. The second-order valence-corrected chi connectivity index (χ2v) is 5.00. The number of rotatable bonds is 3. The number of hydrogen-bond acceptors (Lipinski definition) is 4. The van der Waals surface area contributed by atoms with Gasteiger partial charge in [0.15, 0.2) is 0 Å². The lowest BCUT2D eigenvalue weighted by atomic mass is 10.1. The lowest BCUT2D eigenvalue weighted by Crippen LogP contribution is -2.17. The van der Waals surface area contributed by atoms with E-state index >= 15 is 0 Å². The Balaban J connectivity index is 1.92. The van der Waals surface area contributed by atoms with Crippen molar-refractivity contribution in [3.05, 3.63) is 81.8 Å². The molecule has 0 saturated heterocycles. The van der Waals surface area contributed by atoms with E-state index in [1.165, 1.54) is 0 Å². The fourth-order valence-electron chi connectivity index (χ4n) is 2.04. The highest BCUT2D eigenvalue weighted by Crippen LogP contribution is 2.25. The van der Waals surface area contributed by atoms with Crippen molar-refractivity contribution >= 4 is 23.5 Å². The van der Waals surface area contributed by atoms with E-state index in [1.54, 1.807) is 54.6 Å². The van der Waals surface area contributed by atoms with E-state index in [-0.39, 0.29) is 16.8 Å². The Morgan fingerprint density at radius 2 is 1.61 bits per heavy atom. The van der Waals surface area contributed by atoms with Gasteiger partial charge in [0.05, 0.1) is 0 Å². The monoisotopic (exact) mass is 326 g/mol. The summed E-state index contributed by atoms with van der Waals surface area (Å²) in [4.78, 5) is 27.9. The van der Waals surface area contributed by atoms with Crippen LogP contribution in [0.3, 0.4) is 0 Å². The Morgan fingerprint density at radius 3 is 2.22 bits per heavy atom. The minimum Gasteiger partial charge on any atom is -0.412 e. The molecule has 0 unspecified atom stereocenters. The predicted octanol–water partition coefficient (Wildman–Crippen LogP) is 3.61. The van der Waals surface area contributed by atoms with Gasteiger partial charge in [0.2, 0.25) is 5.22 Å². The first-order valence-corrected chi connectivity index (χ1v) is 7.15. The number of carbonyl (C=O) groups excluding carboxylic acids is 1. The van der Waals surface area contributed by atoms with Crippen molar-refractivity contribution in [1.82, 2.24) is 4.98 Å². The van der Waals surface area contributed by atoms with Crippen LogP contribution in [0, 0.1) is 0 Å². The highest BCUT2D eigenvalue weighted by Gasteiger charge is 2.16. The van der Waals surface area contributed by atoms with E-state index in [4.69, 9.17) is 16.0 Å². The largest absolute Gasteiger partial charge is 0.412 e. The molecule has 0 saturated carbocycles. The topological polar surface area (TPSA) is 72.2 Å². The molecule has 0 radical (unpaired) electrons.